The van der Waals surface area contributed by atoms with Gasteiger partial charge in [0.15, 0.2) is 5.78 Å². The number of carbonyl (C=O) groups is 11. The Hall–Kier alpha value is -10.7. The van der Waals surface area contributed by atoms with Gasteiger partial charge in [-0.05, 0) is 109 Å². The van der Waals surface area contributed by atoms with E-state index in [-0.39, 0.29) is 134 Å². The number of benzene rings is 4. The molecule has 0 saturated heterocycles. The number of Topliss-reactive ketones (excluding diaryl/α,β-unsaturated/α-hetero) is 1. The molecule has 0 aliphatic carbocycles. The van der Waals surface area contributed by atoms with E-state index in [0.717, 1.165) is 33.6 Å². The lowest BCUT2D eigenvalue weighted by atomic mass is 9.89. The van der Waals surface area contributed by atoms with E-state index in [0.29, 0.717) is 57.8 Å². The highest BCUT2D eigenvalue weighted by molar-refractivity contribution is 6.19. The molecule has 9 N–H and O–H groups in total. The minimum absolute atomic E-state index is 0.0159. The van der Waals surface area contributed by atoms with Crippen molar-refractivity contribution in [3.8, 4) is 11.5 Å². The van der Waals surface area contributed by atoms with Gasteiger partial charge >= 0.3 is 24.3 Å². The van der Waals surface area contributed by atoms with Crippen molar-refractivity contribution in [2.75, 3.05) is 101 Å². The lowest BCUT2D eigenvalue weighted by Gasteiger charge is -2.26. The lowest BCUT2D eigenvalue weighted by Crippen LogP contribution is -2.46. The Morgan fingerprint density at radius 1 is 0.808 bits per heavy atom. The number of nitrogens with one attached hydrogen (secondary N) is 4. The van der Waals surface area contributed by atoms with Crippen molar-refractivity contribution < 1.29 is 81.5 Å². The molecule has 11 amide bonds. The number of imidazole rings is 1. The summed E-state index contributed by atoms with van der Waals surface area (Å²) < 4.78 is 29.5. The Bertz CT molecular complexity index is 3960. The van der Waals surface area contributed by atoms with Crippen LogP contribution in [0.3, 0.4) is 0 Å². The summed E-state index contributed by atoms with van der Waals surface area (Å²) in [6.07, 6.45) is 4.02. The van der Waals surface area contributed by atoms with Crippen molar-refractivity contribution in [1.82, 2.24) is 34.7 Å². The minimum Gasteiger partial charge on any atom is -0.491 e. The number of amides is 11. The number of halogens is 1. The number of alkyl carbamates (subject to hydrolysis) is 1. The summed E-state index contributed by atoms with van der Waals surface area (Å²) >= 11 is 6.67. The molecule has 526 valence electrons. The van der Waals surface area contributed by atoms with E-state index in [9.17, 15) is 52.7 Å². The molecule has 2 aliphatic rings. The summed E-state index contributed by atoms with van der Waals surface area (Å²) in [6.45, 7) is 5.27. The van der Waals surface area contributed by atoms with Crippen molar-refractivity contribution in [3.63, 3.8) is 0 Å². The number of nitrogens with two attached hydrogens (primary N) is 2. The average molecular weight is 1390 g/mol. The molecule has 0 radical (unpaired) electrons. The number of primary amides is 2. The predicted molar refractivity (Wildman–Crippen MR) is 364 cm³/mol. The van der Waals surface area contributed by atoms with Gasteiger partial charge in [-0.3, -0.25) is 38.5 Å². The van der Waals surface area contributed by atoms with Crippen LogP contribution in [0.25, 0.3) is 16.4 Å². The molecule has 6 aromatic rings. The molecular formula is C69H81ClN12O17. The molecule has 2 aromatic heterocycles. The van der Waals surface area contributed by atoms with Gasteiger partial charge in [0.05, 0.1) is 43.8 Å². The van der Waals surface area contributed by atoms with Crippen molar-refractivity contribution in [2.45, 2.75) is 77.9 Å². The van der Waals surface area contributed by atoms with Gasteiger partial charge in [-0.15, -0.1) is 11.6 Å². The molecule has 0 bridgehead atoms. The fourth-order valence-electron chi connectivity index (χ4n) is 11.2. The largest absolute Gasteiger partial charge is 0.491 e. The van der Waals surface area contributed by atoms with Crippen LogP contribution in [-0.4, -0.2) is 186 Å². The number of rotatable bonds is 35. The van der Waals surface area contributed by atoms with Gasteiger partial charge in [-0.2, -0.15) is 0 Å². The Morgan fingerprint density at radius 2 is 1.55 bits per heavy atom. The van der Waals surface area contributed by atoms with Gasteiger partial charge in [0.1, 0.15) is 42.7 Å². The second-order valence-electron chi connectivity index (χ2n) is 23.9. The Morgan fingerprint density at radius 3 is 2.24 bits per heavy atom. The first-order chi connectivity index (χ1) is 47.5. The maximum Gasteiger partial charge on any atom is 0.415 e. The third-order valence-corrected chi connectivity index (χ3v) is 16.8. The zero-order chi connectivity index (χ0) is 71.3. The molecule has 0 unspecified atom stereocenters. The smallest absolute Gasteiger partial charge is 0.415 e. The van der Waals surface area contributed by atoms with E-state index < -0.39 is 77.5 Å². The van der Waals surface area contributed by atoms with Gasteiger partial charge in [0.2, 0.25) is 11.8 Å². The first-order valence-electron chi connectivity index (χ1n) is 32.2. The number of carbonyl (C=O) groups excluding carboxylic acids is 11. The molecule has 2 aliphatic heterocycles. The van der Waals surface area contributed by atoms with Crippen LogP contribution in [0.5, 0.6) is 11.5 Å². The topological polar surface area (TPSA) is 385 Å². The number of aryl methyl sites for hydroxylation is 1. The van der Waals surface area contributed by atoms with Crippen molar-refractivity contribution in [1.29, 1.82) is 0 Å². The molecule has 3 atom stereocenters. The van der Waals surface area contributed by atoms with Gasteiger partial charge in [-0.25, -0.2) is 24.2 Å². The van der Waals surface area contributed by atoms with Crippen LogP contribution in [0.4, 0.5) is 36.2 Å². The minimum atomic E-state index is -1.04. The number of fused-ring (bicyclic) bond motifs is 4. The van der Waals surface area contributed by atoms with Gasteiger partial charge in [0.25, 0.3) is 23.6 Å². The number of ketones is 1. The summed E-state index contributed by atoms with van der Waals surface area (Å²) in [5, 5.41) is 21.1. The molecule has 4 aromatic carbocycles. The quantitative estimate of drug-likeness (QED) is 0.0122. The van der Waals surface area contributed by atoms with Crippen molar-refractivity contribution >= 4 is 111 Å². The van der Waals surface area contributed by atoms with Crippen LogP contribution in [0.1, 0.15) is 95.8 Å². The summed E-state index contributed by atoms with van der Waals surface area (Å²) in [6, 6.07) is 21.6. The monoisotopic (exact) mass is 1380 g/mol. The van der Waals surface area contributed by atoms with Crippen LogP contribution >= 0.6 is 11.6 Å². The maximum absolute atomic E-state index is 14.7. The number of anilines is 3. The number of aromatic nitrogens is 2. The number of nitrogens with zero attached hydrogens (tertiary/aromatic N) is 6. The summed E-state index contributed by atoms with van der Waals surface area (Å²) in [5.74, 6) is -4.08. The number of hydrogen-bond acceptors (Lipinski definition) is 18. The van der Waals surface area contributed by atoms with Crippen LogP contribution < -0.4 is 47.1 Å². The number of hydrogen-bond donors (Lipinski definition) is 7. The average Bonchev–Trinajstić information content (AvgIpc) is 1.64. The molecule has 0 spiro atoms. The first kappa shape index (κ1) is 74.1. The van der Waals surface area contributed by atoms with Crippen LogP contribution in [0.2, 0.25) is 0 Å². The lowest BCUT2D eigenvalue weighted by molar-refractivity contribution is -0.137. The fourth-order valence-corrected chi connectivity index (χ4v) is 11.5. The van der Waals surface area contributed by atoms with E-state index in [2.05, 4.69) is 26.3 Å². The summed E-state index contributed by atoms with van der Waals surface area (Å²) in [5.41, 5.74) is 15.0. The van der Waals surface area contributed by atoms with Crippen LogP contribution in [0, 0.1) is 18.8 Å². The highest BCUT2D eigenvalue weighted by Crippen LogP contribution is 2.47. The Balaban J connectivity index is 0.876. The molecule has 0 fully saturated rings. The molecular weight excluding hydrogens is 1300 g/mol. The fraction of sp³-hybridized carbons (Fsp3) is 0.391. The zero-order valence-corrected chi connectivity index (χ0v) is 56.1. The predicted octanol–water partition coefficient (Wildman–Crippen LogP) is 6.78. The number of urea groups is 1. The second-order valence-corrected chi connectivity index (χ2v) is 24.3. The normalized spacial score (nSPS) is 13.8. The van der Waals surface area contributed by atoms with Crippen LogP contribution in [0.15, 0.2) is 109 Å². The number of alkyl halides is 1. The van der Waals surface area contributed by atoms with E-state index in [4.69, 9.17) is 51.9 Å². The number of imide groups is 1. The number of pyridine rings is 1. The van der Waals surface area contributed by atoms with E-state index >= 15 is 0 Å². The first-order valence-corrected chi connectivity index (χ1v) is 32.8. The third-order valence-electron chi connectivity index (χ3n) is 16.4. The highest BCUT2D eigenvalue weighted by atomic mass is 35.5. The number of ether oxygens (including phenoxy) is 5. The van der Waals surface area contributed by atoms with Crippen LogP contribution in [-0.2, 0) is 44.8 Å². The maximum atomic E-state index is 14.7. The van der Waals surface area contributed by atoms with Crippen molar-refractivity contribution in [2.24, 2.45) is 23.3 Å². The molecule has 0 saturated carbocycles. The van der Waals surface area contributed by atoms with E-state index in [1.807, 2.05) is 25.1 Å². The zero-order valence-electron chi connectivity index (χ0n) is 55.3. The Kier molecular flexibility index (Phi) is 26.6. The van der Waals surface area contributed by atoms with Gasteiger partial charge in [0, 0.05) is 118 Å². The standard InChI is InChI=1S/C69H81ClN12O17/c1-42(2)62(77-67(92)97-34-33-95-31-29-81-58(86)23-24-59(81)87)54(84)35-46(10-8-25-73-66(72)91)64(89)74-48-17-13-44(14-18-48)41-98-68(93)78(4)27-28-79(26-6-5-12-56(71)85)69(94)99-55-36-53-61(60-43(3)9-7-11-51(55)60)47(37-70)38-82(53)65(90)52-40-80-39-49(19-22-57(80)76-52)75-63(88)45-15-20-50(21-16-45)96-32-30-83/h7,9,11,13-24,36,39-40,42,46-47,62,83H,5-6,8,10,12,25-35,37-38,41H2,1-4H3,(H2,71,85)(H,74,89)(H,75,88)(H,77,92)(H3,72,73,91)/t46-,47-,62+/m1/s1. The van der Waals surface area contributed by atoms with Gasteiger partial charge < -0.3 is 80.6 Å². The SMILES string of the molecule is Cc1cccc2c(OC(=O)N(CCCCC(N)=O)CCN(C)C(=O)OCc3ccc(NC(=O)[C@H](CCCNC(N)=O)CC(=O)[C@@H](NC(=O)OCCOCCN4C(=O)C=CC4=O)C(C)C)cc3)cc3c(c12)[C@H](CCl)CN3C(=O)c1cn2cc(NC(=O)c3ccc(OCCO)cc3)ccc2n1. The third kappa shape index (κ3) is 20.5. The van der Waals surface area contributed by atoms with E-state index in [1.165, 1.54) is 16.8 Å². The number of aliphatic hydroxyl groups is 1. The molecule has 29 nitrogen and oxygen atoms in total. The number of likely N-dealkylation sites (N-methyl/N-ethyl adjacent to an activating group) is 1. The molecule has 8 rings (SSSR count). The molecule has 99 heavy (non-hydrogen) atoms. The summed E-state index contributed by atoms with van der Waals surface area (Å²) in [7, 11) is 1.49. The number of unbranched alkanes of at least 4 members (excludes halogenated alkanes) is 1. The molecule has 4 heterocycles. The Labute approximate surface area is 575 Å². The molecule has 30 heteroatoms. The van der Waals surface area contributed by atoms with Gasteiger partial charge in [-0.1, -0.05) is 44.2 Å². The number of aliphatic hydroxyl groups excluding tert-OH is 1. The van der Waals surface area contributed by atoms with E-state index in [1.54, 1.807) is 102 Å². The summed E-state index contributed by atoms with van der Waals surface area (Å²) in [4.78, 5) is 153. The van der Waals surface area contributed by atoms with Crippen molar-refractivity contribution in [3.05, 3.63) is 137 Å². The highest BCUT2D eigenvalue weighted by Gasteiger charge is 2.38. The second kappa shape index (κ2) is 35.6.